The van der Waals surface area contributed by atoms with Crippen LogP contribution >= 0.6 is 7.60 Å². The van der Waals surface area contributed by atoms with Crippen molar-refractivity contribution < 1.29 is 13.6 Å². The van der Waals surface area contributed by atoms with E-state index in [9.17, 15) is 4.57 Å². The molecule has 1 fully saturated rings. The predicted octanol–water partition coefficient (Wildman–Crippen LogP) is 1.17. The largest absolute Gasteiger partial charge is 0.350 e. The predicted molar refractivity (Wildman–Crippen MR) is 42.3 cm³/mol. The van der Waals surface area contributed by atoms with Crippen molar-refractivity contribution in [3.63, 3.8) is 0 Å². The summed E-state index contributed by atoms with van der Waals surface area (Å²) < 4.78 is 21.3. The lowest BCUT2D eigenvalue weighted by atomic mass is 10.5. The van der Waals surface area contributed by atoms with Crippen molar-refractivity contribution in [1.82, 2.24) is 0 Å². The van der Waals surface area contributed by atoms with Crippen LogP contribution in [0.4, 0.5) is 0 Å². The van der Waals surface area contributed by atoms with Crippen LogP contribution in [-0.2, 0) is 13.6 Å². The van der Waals surface area contributed by atoms with E-state index < -0.39 is 12.9 Å². The summed E-state index contributed by atoms with van der Waals surface area (Å²) in [5, 5.41) is -0.726. The van der Waals surface area contributed by atoms with Gasteiger partial charge in [0.25, 0.3) is 0 Å². The molecule has 0 radical (unpaired) electrons. The van der Waals surface area contributed by atoms with Crippen LogP contribution in [-0.4, -0.2) is 19.5 Å². The highest BCUT2D eigenvalue weighted by molar-refractivity contribution is 7.56. The van der Waals surface area contributed by atoms with Crippen LogP contribution in [0.3, 0.4) is 0 Å². The Morgan fingerprint density at radius 1 is 1.55 bits per heavy atom. The summed E-state index contributed by atoms with van der Waals surface area (Å²) >= 11 is 0. The molecule has 0 saturated heterocycles. The summed E-state index contributed by atoms with van der Waals surface area (Å²) in [7, 11) is -0.302. The highest BCUT2D eigenvalue weighted by atomic mass is 31.2. The molecule has 0 aromatic rings. The molecule has 4 nitrogen and oxygen atoms in total. The molecule has 0 heterocycles. The van der Waals surface area contributed by atoms with E-state index in [1.165, 1.54) is 14.2 Å². The fourth-order valence-electron chi connectivity index (χ4n) is 1.23. The van der Waals surface area contributed by atoms with Gasteiger partial charge in [0.2, 0.25) is 0 Å². The average molecular weight is 179 g/mol. The Balaban J connectivity index is 2.80. The van der Waals surface area contributed by atoms with Gasteiger partial charge in [0.15, 0.2) is 0 Å². The molecule has 1 rings (SSSR count). The quantitative estimate of drug-likeness (QED) is 0.660. The van der Waals surface area contributed by atoms with Gasteiger partial charge in [-0.15, -0.1) is 0 Å². The lowest BCUT2D eigenvalue weighted by Crippen LogP contribution is -2.25. The van der Waals surface area contributed by atoms with Gasteiger partial charge in [-0.1, -0.05) is 6.92 Å². The van der Waals surface area contributed by atoms with Gasteiger partial charge in [0.05, 0.1) is 0 Å². The van der Waals surface area contributed by atoms with Crippen molar-refractivity contribution in [3.8, 4) is 0 Å². The van der Waals surface area contributed by atoms with Crippen molar-refractivity contribution in [2.24, 2.45) is 11.7 Å². The molecule has 0 aromatic heterocycles. The molecule has 0 amide bonds. The molecular weight excluding hydrogens is 165 g/mol. The minimum atomic E-state index is -3.03. The summed E-state index contributed by atoms with van der Waals surface area (Å²) in [4.78, 5) is 0. The Morgan fingerprint density at radius 2 is 1.91 bits per heavy atom. The van der Waals surface area contributed by atoms with Crippen LogP contribution in [0.1, 0.15) is 13.3 Å². The van der Waals surface area contributed by atoms with Crippen LogP contribution < -0.4 is 5.73 Å². The zero-order valence-electron chi connectivity index (χ0n) is 7.03. The monoisotopic (exact) mass is 179 g/mol. The van der Waals surface area contributed by atoms with E-state index in [2.05, 4.69) is 0 Å². The molecule has 1 saturated carbocycles. The summed E-state index contributed by atoms with van der Waals surface area (Å²) in [6.07, 6.45) is 0.714. The van der Waals surface area contributed by atoms with Crippen molar-refractivity contribution in [1.29, 1.82) is 0 Å². The third-order valence-electron chi connectivity index (χ3n) is 2.32. The summed E-state index contributed by atoms with van der Waals surface area (Å²) in [6, 6.07) is 0. The molecule has 0 aromatic carbocycles. The normalized spacial score (nSPS) is 37.3. The van der Waals surface area contributed by atoms with E-state index in [0.717, 1.165) is 0 Å². The fourth-order valence-corrected chi connectivity index (χ4v) is 3.09. The Bertz CT molecular complexity index is 200. The first-order valence-electron chi connectivity index (χ1n) is 3.50. The second-order valence-electron chi connectivity index (χ2n) is 2.96. The molecule has 0 spiro atoms. The molecule has 2 unspecified atom stereocenters. The van der Waals surface area contributed by atoms with Gasteiger partial charge in [-0.3, -0.25) is 4.57 Å². The Kier molecular flexibility index (Phi) is 2.14. The van der Waals surface area contributed by atoms with Crippen LogP contribution in [0, 0.1) is 5.92 Å². The van der Waals surface area contributed by atoms with E-state index in [-0.39, 0.29) is 5.92 Å². The Labute approximate surface area is 66.6 Å². The van der Waals surface area contributed by atoms with E-state index >= 15 is 0 Å². The molecule has 1 aliphatic carbocycles. The third kappa shape index (κ3) is 1.14. The Morgan fingerprint density at radius 3 is 2.00 bits per heavy atom. The standard InChI is InChI=1S/C6H14NO3P/c1-5-4-6(5,7)11(8,9-2)10-3/h5H,4,7H2,1-3H3. The van der Waals surface area contributed by atoms with Crippen molar-refractivity contribution in [3.05, 3.63) is 0 Å². The molecular formula is C6H14NO3P. The average Bonchev–Trinajstić information content (AvgIpc) is 2.60. The number of rotatable bonds is 3. The molecule has 2 N–H and O–H groups in total. The van der Waals surface area contributed by atoms with Crippen LogP contribution in [0.25, 0.3) is 0 Å². The Hall–Kier alpha value is 0.110. The minimum Gasteiger partial charge on any atom is -0.315 e. The number of nitrogens with two attached hydrogens (primary N) is 1. The van der Waals surface area contributed by atoms with Crippen molar-refractivity contribution >= 4 is 7.60 Å². The molecule has 5 heteroatoms. The maximum atomic E-state index is 11.7. The van der Waals surface area contributed by atoms with E-state index in [1.54, 1.807) is 0 Å². The molecule has 2 atom stereocenters. The highest BCUT2D eigenvalue weighted by Gasteiger charge is 2.62. The zero-order chi connectivity index (χ0) is 8.70. The second-order valence-corrected chi connectivity index (χ2v) is 5.52. The van der Waals surface area contributed by atoms with E-state index in [1.807, 2.05) is 6.92 Å². The topological polar surface area (TPSA) is 61.5 Å². The minimum absolute atomic E-state index is 0.230. The van der Waals surface area contributed by atoms with Gasteiger partial charge < -0.3 is 14.8 Å². The number of hydrogen-bond donors (Lipinski definition) is 1. The van der Waals surface area contributed by atoms with Gasteiger partial charge in [0, 0.05) is 14.2 Å². The van der Waals surface area contributed by atoms with Gasteiger partial charge >= 0.3 is 7.60 Å². The fraction of sp³-hybridized carbons (Fsp3) is 1.00. The first kappa shape index (κ1) is 9.20. The third-order valence-corrected chi connectivity index (χ3v) is 4.92. The highest BCUT2D eigenvalue weighted by Crippen LogP contribution is 2.70. The van der Waals surface area contributed by atoms with Crippen LogP contribution in [0.5, 0.6) is 0 Å². The first-order chi connectivity index (χ1) is 5.00. The van der Waals surface area contributed by atoms with Gasteiger partial charge in [0.1, 0.15) is 5.28 Å². The zero-order valence-corrected chi connectivity index (χ0v) is 7.93. The maximum Gasteiger partial charge on any atom is 0.350 e. The SMILES string of the molecule is COP(=O)(OC)C1(N)CC1C. The van der Waals surface area contributed by atoms with Crippen LogP contribution in [0.15, 0.2) is 0 Å². The lowest BCUT2D eigenvalue weighted by Gasteiger charge is -2.20. The molecule has 11 heavy (non-hydrogen) atoms. The molecule has 0 bridgehead atoms. The van der Waals surface area contributed by atoms with Crippen molar-refractivity contribution in [2.75, 3.05) is 14.2 Å². The van der Waals surface area contributed by atoms with E-state index in [4.69, 9.17) is 14.8 Å². The lowest BCUT2D eigenvalue weighted by molar-refractivity contribution is 0.261. The summed E-state index contributed by atoms with van der Waals surface area (Å²) in [6.45, 7) is 1.94. The summed E-state index contributed by atoms with van der Waals surface area (Å²) in [5.41, 5.74) is 5.78. The summed E-state index contributed by atoms with van der Waals surface area (Å²) in [5.74, 6) is 0.230. The van der Waals surface area contributed by atoms with Crippen LogP contribution in [0.2, 0.25) is 0 Å². The van der Waals surface area contributed by atoms with Gasteiger partial charge in [-0.2, -0.15) is 0 Å². The van der Waals surface area contributed by atoms with Gasteiger partial charge in [-0.25, -0.2) is 0 Å². The van der Waals surface area contributed by atoms with Gasteiger partial charge in [-0.05, 0) is 12.3 Å². The molecule has 0 aliphatic heterocycles. The second kappa shape index (κ2) is 2.56. The molecule has 1 aliphatic rings. The first-order valence-corrected chi connectivity index (χ1v) is 5.05. The maximum absolute atomic E-state index is 11.7. The van der Waals surface area contributed by atoms with E-state index in [0.29, 0.717) is 6.42 Å². The smallest absolute Gasteiger partial charge is 0.315 e. The number of hydrogen-bond acceptors (Lipinski definition) is 4. The molecule has 66 valence electrons. The van der Waals surface area contributed by atoms with Crippen molar-refractivity contribution in [2.45, 2.75) is 18.6 Å².